The molecule has 1 N–H and O–H groups in total. The Kier molecular flexibility index (Phi) is 8.91. The van der Waals surface area contributed by atoms with Gasteiger partial charge in [-0.05, 0) is 47.3 Å². The van der Waals surface area contributed by atoms with Crippen LogP contribution < -0.4 is 5.32 Å². The summed E-state index contributed by atoms with van der Waals surface area (Å²) in [5.41, 5.74) is 1.06. The van der Waals surface area contributed by atoms with Gasteiger partial charge in [-0.25, -0.2) is 13.6 Å². The first kappa shape index (κ1) is 24.3. The van der Waals surface area contributed by atoms with E-state index in [-0.39, 0.29) is 43.7 Å². The first-order chi connectivity index (χ1) is 15.9. The van der Waals surface area contributed by atoms with E-state index < -0.39 is 11.8 Å². The summed E-state index contributed by atoms with van der Waals surface area (Å²) in [5.74, 6) is -1.11. The van der Waals surface area contributed by atoms with Gasteiger partial charge in [0.2, 0.25) is 5.91 Å². The number of benzene rings is 2. The average Bonchev–Trinajstić information content (AvgIpc) is 3.30. The molecule has 1 heterocycles. The van der Waals surface area contributed by atoms with Crippen molar-refractivity contribution in [3.8, 4) is 0 Å². The van der Waals surface area contributed by atoms with Crippen molar-refractivity contribution in [2.45, 2.75) is 13.1 Å². The molecule has 0 radical (unpaired) electrons. The number of amides is 3. The van der Waals surface area contributed by atoms with Gasteiger partial charge in [0.25, 0.3) is 0 Å². The fourth-order valence-electron chi connectivity index (χ4n) is 3.12. The number of urea groups is 1. The summed E-state index contributed by atoms with van der Waals surface area (Å²) in [6, 6.07) is 14.8. The first-order valence-electron chi connectivity index (χ1n) is 10.3. The first-order valence-corrected chi connectivity index (χ1v) is 11.2. The third kappa shape index (κ3) is 7.65. The largest absolute Gasteiger partial charge is 0.383 e. The summed E-state index contributed by atoms with van der Waals surface area (Å²) in [5, 5.41) is 4.54. The van der Waals surface area contributed by atoms with Crippen LogP contribution in [-0.4, -0.2) is 48.5 Å². The second-order valence-corrected chi connectivity index (χ2v) is 8.34. The Morgan fingerprint density at radius 1 is 0.970 bits per heavy atom. The molecule has 0 saturated carbocycles. The third-order valence-electron chi connectivity index (χ3n) is 4.82. The van der Waals surface area contributed by atoms with Gasteiger partial charge < -0.3 is 19.9 Å². The molecule has 3 amide bonds. The molecule has 0 aliphatic rings. The maximum Gasteiger partial charge on any atom is 0.322 e. The van der Waals surface area contributed by atoms with Crippen molar-refractivity contribution >= 4 is 29.0 Å². The lowest BCUT2D eigenvalue weighted by molar-refractivity contribution is -0.133. The fraction of sp³-hybridized carbons (Fsp3) is 0.250. The van der Waals surface area contributed by atoms with Gasteiger partial charge in [0, 0.05) is 30.8 Å². The van der Waals surface area contributed by atoms with E-state index in [1.165, 1.54) is 53.7 Å². The lowest BCUT2D eigenvalue weighted by atomic mass is 10.2. The monoisotopic (exact) mass is 473 g/mol. The number of nitrogens with zero attached hydrogens (tertiary/aromatic N) is 2. The van der Waals surface area contributed by atoms with E-state index in [2.05, 4.69) is 5.32 Å². The van der Waals surface area contributed by atoms with Crippen LogP contribution in [0.1, 0.15) is 10.4 Å². The topological polar surface area (TPSA) is 61.9 Å². The zero-order valence-electron chi connectivity index (χ0n) is 18.2. The van der Waals surface area contributed by atoms with E-state index in [9.17, 15) is 18.4 Å². The van der Waals surface area contributed by atoms with Gasteiger partial charge in [0.1, 0.15) is 18.2 Å². The van der Waals surface area contributed by atoms with Crippen LogP contribution in [0.4, 0.5) is 19.3 Å². The molecule has 0 spiro atoms. The normalized spacial score (nSPS) is 10.6. The number of thiophene rings is 1. The highest BCUT2D eigenvalue weighted by atomic mass is 32.1. The summed E-state index contributed by atoms with van der Waals surface area (Å²) in [4.78, 5) is 30.0. The van der Waals surface area contributed by atoms with Crippen molar-refractivity contribution in [1.29, 1.82) is 0 Å². The summed E-state index contributed by atoms with van der Waals surface area (Å²) in [7, 11) is 1.50. The molecule has 9 heteroatoms. The lowest BCUT2D eigenvalue weighted by Gasteiger charge is -2.27. The predicted molar refractivity (Wildman–Crippen MR) is 124 cm³/mol. The molecular weight excluding hydrogens is 448 g/mol. The van der Waals surface area contributed by atoms with E-state index in [0.717, 1.165) is 10.4 Å². The minimum Gasteiger partial charge on any atom is -0.383 e. The van der Waals surface area contributed by atoms with Gasteiger partial charge in [0.05, 0.1) is 13.2 Å². The van der Waals surface area contributed by atoms with Crippen molar-refractivity contribution in [3.63, 3.8) is 0 Å². The SMILES string of the molecule is COCCN(CC(=O)N(Cc1ccc(F)cc1)Cc1cccs1)C(=O)Nc1cccc(F)c1. The minimum atomic E-state index is -0.538. The van der Waals surface area contributed by atoms with Gasteiger partial charge in [-0.3, -0.25) is 4.79 Å². The predicted octanol–water partition coefficient (Wildman–Crippen LogP) is 4.74. The highest BCUT2D eigenvalue weighted by molar-refractivity contribution is 7.09. The Hall–Kier alpha value is -3.30. The van der Waals surface area contributed by atoms with Crippen LogP contribution in [0.3, 0.4) is 0 Å². The average molecular weight is 474 g/mol. The number of anilines is 1. The zero-order chi connectivity index (χ0) is 23.6. The quantitative estimate of drug-likeness (QED) is 0.463. The standard InChI is InChI=1S/C24H25F2N3O3S/c1-32-12-11-28(24(31)27-21-5-2-4-20(26)14-21)17-23(30)29(16-22-6-3-13-33-22)15-18-7-9-19(25)10-8-18/h2-10,13-14H,11-12,15-17H2,1H3,(H,27,31). The summed E-state index contributed by atoms with van der Waals surface area (Å²) < 4.78 is 31.9. The Bertz CT molecular complexity index is 1050. The number of nitrogens with one attached hydrogen (secondary N) is 1. The number of carbonyl (C=O) groups is 2. The Morgan fingerprint density at radius 3 is 2.42 bits per heavy atom. The molecule has 0 fully saturated rings. The van der Waals surface area contributed by atoms with Crippen LogP contribution in [0.5, 0.6) is 0 Å². The molecule has 0 atom stereocenters. The van der Waals surface area contributed by atoms with Gasteiger partial charge in [-0.1, -0.05) is 24.3 Å². The number of hydrogen-bond donors (Lipinski definition) is 1. The van der Waals surface area contributed by atoms with Crippen molar-refractivity contribution < 1.29 is 23.1 Å². The van der Waals surface area contributed by atoms with E-state index >= 15 is 0 Å². The molecule has 0 aliphatic carbocycles. The molecule has 174 valence electrons. The van der Waals surface area contributed by atoms with Crippen LogP contribution in [0.25, 0.3) is 0 Å². The van der Waals surface area contributed by atoms with Crippen LogP contribution in [0, 0.1) is 11.6 Å². The van der Waals surface area contributed by atoms with Crippen molar-refractivity contribution in [2.75, 3.05) is 32.1 Å². The highest BCUT2D eigenvalue weighted by Gasteiger charge is 2.22. The van der Waals surface area contributed by atoms with E-state index in [4.69, 9.17) is 4.74 Å². The summed E-state index contributed by atoms with van der Waals surface area (Å²) >= 11 is 1.52. The minimum absolute atomic E-state index is 0.173. The molecule has 33 heavy (non-hydrogen) atoms. The number of methoxy groups -OCH3 is 1. The molecule has 0 unspecified atom stereocenters. The third-order valence-corrected chi connectivity index (χ3v) is 5.68. The van der Waals surface area contributed by atoms with Gasteiger partial charge in [0.15, 0.2) is 0 Å². The van der Waals surface area contributed by atoms with Crippen LogP contribution in [-0.2, 0) is 22.6 Å². The molecule has 0 saturated heterocycles. The lowest BCUT2D eigenvalue weighted by Crippen LogP contribution is -2.45. The molecule has 6 nitrogen and oxygen atoms in total. The van der Waals surface area contributed by atoms with E-state index in [0.29, 0.717) is 6.54 Å². The van der Waals surface area contributed by atoms with E-state index in [1.54, 1.807) is 23.1 Å². The summed E-state index contributed by atoms with van der Waals surface area (Å²) in [6.07, 6.45) is 0. The van der Waals surface area contributed by atoms with Gasteiger partial charge in [-0.15, -0.1) is 11.3 Å². The second kappa shape index (κ2) is 12.1. The van der Waals surface area contributed by atoms with Gasteiger partial charge >= 0.3 is 6.03 Å². The molecular formula is C24H25F2N3O3S. The number of halogens is 2. The number of carbonyl (C=O) groups excluding carboxylic acids is 2. The van der Waals surface area contributed by atoms with Crippen molar-refractivity contribution in [2.24, 2.45) is 0 Å². The van der Waals surface area contributed by atoms with E-state index in [1.807, 2.05) is 17.5 Å². The molecule has 3 rings (SSSR count). The highest BCUT2D eigenvalue weighted by Crippen LogP contribution is 2.16. The maximum atomic E-state index is 13.5. The Balaban J connectivity index is 1.74. The van der Waals surface area contributed by atoms with Crippen molar-refractivity contribution in [1.82, 2.24) is 9.80 Å². The molecule has 1 aromatic heterocycles. The second-order valence-electron chi connectivity index (χ2n) is 7.31. The Morgan fingerprint density at radius 2 is 1.76 bits per heavy atom. The van der Waals surface area contributed by atoms with Crippen molar-refractivity contribution in [3.05, 3.63) is 88.1 Å². The Labute approximate surface area is 195 Å². The smallest absolute Gasteiger partial charge is 0.322 e. The maximum absolute atomic E-state index is 13.5. The zero-order valence-corrected chi connectivity index (χ0v) is 19.0. The number of hydrogen-bond acceptors (Lipinski definition) is 4. The fourth-order valence-corrected chi connectivity index (χ4v) is 3.84. The molecule has 0 aliphatic heterocycles. The molecule has 0 bridgehead atoms. The molecule has 2 aromatic carbocycles. The van der Waals surface area contributed by atoms with Crippen LogP contribution >= 0.6 is 11.3 Å². The number of rotatable bonds is 10. The van der Waals surface area contributed by atoms with Gasteiger partial charge in [-0.2, -0.15) is 0 Å². The number of ether oxygens (including phenoxy) is 1. The van der Waals surface area contributed by atoms with Crippen LogP contribution in [0.15, 0.2) is 66.0 Å². The van der Waals surface area contributed by atoms with Crippen LogP contribution in [0.2, 0.25) is 0 Å². The summed E-state index contributed by atoms with van der Waals surface area (Å²) in [6.45, 7) is 0.828. The molecule has 3 aromatic rings.